The van der Waals surface area contributed by atoms with E-state index in [9.17, 15) is 13.2 Å². The van der Waals surface area contributed by atoms with Crippen LogP contribution in [0.1, 0.15) is 33.1 Å². The van der Waals surface area contributed by atoms with Gasteiger partial charge in [-0.3, -0.25) is 4.79 Å². The van der Waals surface area contributed by atoms with Crippen LogP contribution in [0.2, 0.25) is 0 Å². The summed E-state index contributed by atoms with van der Waals surface area (Å²) in [6, 6.07) is 0. The van der Waals surface area contributed by atoms with Crippen molar-refractivity contribution in [3.05, 3.63) is 0 Å². The van der Waals surface area contributed by atoms with Crippen LogP contribution in [0, 0.1) is 5.41 Å². The number of rotatable bonds is 8. The van der Waals surface area contributed by atoms with E-state index in [0.717, 1.165) is 12.8 Å². The van der Waals surface area contributed by atoms with E-state index in [-0.39, 0.29) is 23.6 Å². The Kier molecular flexibility index (Phi) is 6.84. The summed E-state index contributed by atoms with van der Waals surface area (Å²) < 4.78 is 22.0. The Hall–Kier alpha value is -0.620. The number of carbonyl (C=O) groups excluding carboxylic acids is 1. The highest BCUT2D eigenvalue weighted by Gasteiger charge is 2.20. The number of nitrogens with two attached hydrogens (primary N) is 1. The molecule has 0 bridgehead atoms. The molecule has 0 unspecified atom stereocenters. The summed E-state index contributed by atoms with van der Waals surface area (Å²) in [6.07, 6.45) is 3.27. The predicted octanol–water partition coefficient (Wildman–Crippen LogP) is 0.645. The van der Waals surface area contributed by atoms with Gasteiger partial charge in [0.15, 0.2) is 0 Å². The quantitative estimate of drug-likeness (QED) is 0.706. The maximum atomic E-state index is 11.8. The van der Waals surface area contributed by atoms with Crippen molar-refractivity contribution in [3.63, 3.8) is 0 Å². The Bertz CT molecular complexity index is 364. The van der Waals surface area contributed by atoms with E-state index in [4.69, 9.17) is 5.73 Å². The molecule has 0 aliphatic rings. The largest absolute Gasteiger partial charge is 0.345 e. The van der Waals surface area contributed by atoms with Gasteiger partial charge in [-0.15, -0.1) is 0 Å². The molecule has 0 heterocycles. The minimum Gasteiger partial charge on any atom is -0.345 e. The molecule has 0 radical (unpaired) electrons. The van der Waals surface area contributed by atoms with Crippen LogP contribution in [0.4, 0.5) is 0 Å². The third-order valence-electron chi connectivity index (χ3n) is 3.06. The summed E-state index contributed by atoms with van der Waals surface area (Å²) in [5.41, 5.74) is 5.57. The van der Waals surface area contributed by atoms with Crippen LogP contribution in [-0.4, -0.2) is 51.4 Å². The minimum atomic E-state index is -3.02. The maximum Gasteiger partial charge on any atom is 0.222 e. The second-order valence-electron chi connectivity index (χ2n) is 5.65. The van der Waals surface area contributed by atoms with E-state index in [0.29, 0.717) is 13.0 Å². The molecule has 0 spiro atoms. The summed E-state index contributed by atoms with van der Waals surface area (Å²) >= 11 is 0. The van der Waals surface area contributed by atoms with Crippen molar-refractivity contribution in [2.24, 2.45) is 11.1 Å². The zero-order valence-electron chi connectivity index (χ0n) is 11.9. The standard InChI is InChI=1S/C12H26N2O3S/c1-12(2,7-8-13)6-5-11(15)14(3)9-10-18(4,16)17/h5-10,13H2,1-4H3. The molecule has 2 N–H and O–H groups in total. The lowest BCUT2D eigenvalue weighted by atomic mass is 9.84. The van der Waals surface area contributed by atoms with Crippen molar-refractivity contribution in [2.45, 2.75) is 33.1 Å². The predicted molar refractivity (Wildman–Crippen MR) is 74.0 cm³/mol. The highest BCUT2D eigenvalue weighted by Crippen LogP contribution is 2.26. The first-order chi connectivity index (χ1) is 8.07. The molecule has 1 amide bonds. The SMILES string of the molecule is CN(CCS(C)(=O)=O)C(=O)CCC(C)(C)CCN. The van der Waals surface area contributed by atoms with Crippen LogP contribution in [-0.2, 0) is 14.6 Å². The van der Waals surface area contributed by atoms with E-state index < -0.39 is 9.84 Å². The van der Waals surface area contributed by atoms with Crippen molar-refractivity contribution in [3.8, 4) is 0 Å². The molecule has 0 saturated heterocycles. The fraction of sp³-hybridized carbons (Fsp3) is 0.917. The molecule has 18 heavy (non-hydrogen) atoms. The molecule has 6 heteroatoms. The average Bonchev–Trinajstić information content (AvgIpc) is 2.21. The molecular formula is C12H26N2O3S. The van der Waals surface area contributed by atoms with E-state index in [1.54, 1.807) is 7.05 Å². The van der Waals surface area contributed by atoms with Crippen LogP contribution in [0.25, 0.3) is 0 Å². The second kappa shape index (κ2) is 7.09. The monoisotopic (exact) mass is 278 g/mol. The molecule has 0 aromatic carbocycles. The average molecular weight is 278 g/mol. The van der Waals surface area contributed by atoms with Crippen LogP contribution in [0.5, 0.6) is 0 Å². The zero-order chi connectivity index (χ0) is 14.4. The fourth-order valence-corrected chi connectivity index (χ4v) is 2.18. The molecule has 5 nitrogen and oxygen atoms in total. The molecule has 0 aromatic rings. The first-order valence-corrected chi connectivity index (χ1v) is 8.25. The number of hydrogen-bond acceptors (Lipinski definition) is 4. The topological polar surface area (TPSA) is 80.5 Å². The summed E-state index contributed by atoms with van der Waals surface area (Å²) in [5, 5.41) is 0. The lowest BCUT2D eigenvalue weighted by Gasteiger charge is -2.25. The lowest BCUT2D eigenvalue weighted by Crippen LogP contribution is -2.32. The Balaban J connectivity index is 4.09. The van der Waals surface area contributed by atoms with Crippen LogP contribution >= 0.6 is 0 Å². The first-order valence-electron chi connectivity index (χ1n) is 6.19. The van der Waals surface area contributed by atoms with Gasteiger partial charge in [0.25, 0.3) is 0 Å². The smallest absolute Gasteiger partial charge is 0.222 e. The van der Waals surface area contributed by atoms with Crippen LogP contribution in [0.3, 0.4) is 0 Å². The van der Waals surface area contributed by atoms with Gasteiger partial charge in [0.05, 0.1) is 5.75 Å². The second-order valence-corrected chi connectivity index (χ2v) is 7.91. The van der Waals surface area contributed by atoms with Gasteiger partial charge in [-0.2, -0.15) is 0 Å². The Morgan fingerprint density at radius 2 is 1.83 bits per heavy atom. The van der Waals surface area contributed by atoms with Gasteiger partial charge in [-0.05, 0) is 24.8 Å². The van der Waals surface area contributed by atoms with E-state index in [1.165, 1.54) is 11.2 Å². The van der Waals surface area contributed by atoms with Gasteiger partial charge in [0.2, 0.25) is 5.91 Å². The number of carbonyl (C=O) groups is 1. The molecule has 108 valence electrons. The molecule has 0 saturated carbocycles. The lowest BCUT2D eigenvalue weighted by molar-refractivity contribution is -0.130. The fourth-order valence-electron chi connectivity index (χ4n) is 1.58. The molecule has 0 atom stereocenters. The van der Waals surface area contributed by atoms with Crippen molar-refractivity contribution in [1.29, 1.82) is 0 Å². The van der Waals surface area contributed by atoms with Crippen molar-refractivity contribution >= 4 is 15.7 Å². The third kappa shape index (κ3) is 8.47. The number of hydrogen-bond donors (Lipinski definition) is 1. The molecule has 0 rings (SSSR count). The van der Waals surface area contributed by atoms with Gasteiger partial charge < -0.3 is 10.6 Å². The molecule has 0 aliphatic heterocycles. The first kappa shape index (κ1) is 17.4. The van der Waals surface area contributed by atoms with Crippen LogP contribution in [0.15, 0.2) is 0 Å². The van der Waals surface area contributed by atoms with E-state index in [1.807, 2.05) is 0 Å². The highest BCUT2D eigenvalue weighted by molar-refractivity contribution is 7.90. The van der Waals surface area contributed by atoms with E-state index in [2.05, 4.69) is 13.8 Å². The number of nitrogens with zero attached hydrogens (tertiary/aromatic N) is 1. The summed E-state index contributed by atoms with van der Waals surface area (Å²) in [6.45, 7) is 5.05. The molecular weight excluding hydrogens is 252 g/mol. The Morgan fingerprint density at radius 3 is 2.28 bits per heavy atom. The Labute approximate surface area is 111 Å². The van der Waals surface area contributed by atoms with E-state index >= 15 is 0 Å². The van der Waals surface area contributed by atoms with Crippen molar-refractivity contribution in [2.75, 3.05) is 32.1 Å². The summed E-state index contributed by atoms with van der Waals surface area (Å²) in [7, 11) is -1.37. The maximum absolute atomic E-state index is 11.8. The minimum absolute atomic E-state index is 0.0104. The zero-order valence-corrected chi connectivity index (χ0v) is 12.7. The van der Waals surface area contributed by atoms with Gasteiger partial charge >= 0.3 is 0 Å². The molecule has 0 aliphatic carbocycles. The molecule has 0 aromatic heterocycles. The highest BCUT2D eigenvalue weighted by atomic mass is 32.2. The molecule has 0 fully saturated rings. The van der Waals surface area contributed by atoms with Crippen molar-refractivity contribution < 1.29 is 13.2 Å². The van der Waals surface area contributed by atoms with Gasteiger partial charge in [-0.1, -0.05) is 13.8 Å². The third-order valence-corrected chi connectivity index (χ3v) is 3.98. The van der Waals surface area contributed by atoms with Crippen molar-refractivity contribution in [1.82, 2.24) is 4.90 Å². The summed E-state index contributed by atoms with van der Waals surface area (Å²) in [4.78, 5) is 13.3. The normalized spacial score (nSPS) is 12.5. The summed E-state index contributed by atoms with van der Waals surface area (Å²) in [5.74, 6) is 0.00489. The number of amides is 1. The van der Waals surface area contributed by atoms with Gasteiger partial charge in [0, 0.05) is 26.3 Å². The number of sulfone groups is 1. The van der Waals surface area contributed by atoms with Crippen LogP contribution < -0.4 is 5.73 Å². The van der Waals surface area contributed by atoms with Gasteiger partial charge in [-0.25, -0.2) is 8.42 Å². The van der Waals surface area contributed by atoms with Gasteiger partial charge in [0.1, 0.15) is 9.84 Å². The Morgan fingerprint density at radius 1 is 1.28 bits per heavy atom.